The number of hydrogen-bond acceptors (Lipinski definition) is 3. The Labute approximate surface area is 104 Å². The molecule has 5 heteroatoms. The van der Waals surface area contributed by atoms with Crippen molar-refractivity contribution in [1.29, 1.82) is 0 Å². The van der Waals surface area contributed by atoms with Crippen LogP contribution in [0.2, 0.25) is 0 Å². The van der Waals surface area contributed by atoms with E-state index >= 15 is 0 Å². The lowest BCUT2D eigenvalue weighted by molar-refractivity contribution is 0.140. The predicted molar refractivity (Wildman–Crippen MR) is 71.2 cm³/mol. The maximum absolute atomic E-state index is 5.79. The van der Waals surface area contributed by atoms with Crippen LogP contribution in [0.15, 0.2) is 4.99 Å². The molecule has 1 saturated carbocycles. The zero-order valence-corrected chi connectivity index (χ0v) is 10.9. The molecule has 0 amide bonds. The number of guanidine groups is 1. The van der Waals surface area contributed by atoms with Gasteiger partial charge in [-0.25, -0.2) is 0 Å². The van der Waals surface area contributed by atoms with Crippen LogP contribution in [0.5, 0.6) is 0 Å². The molecule has 1 heterocycles. The van der Waals surface area contributed by atoms with Crippen molar-refractivity contribution in [3.63, 3.8) is 0 Å². The molecule has 5 nitrogen and oxygen atoms in total. The normalized spacial score (nSPS) is 23.9. The summed E-state index contributed by atoms with van der Waals surface area (Å²) in [7, 11) is 0. The first-order valence-corrected chi connectivity index (χ1v) is 6.79. The van der Waals surface area contributed by atoms with Crippen LogP contribution < -0.4 is 11.1 Å². The molecule has 0 atom stereocenters. The summed E-state index contributed by atoms with van der Waals surface area (Å²) >= 11 is 0. The van der Waals surface area contributed by atoms with E-state index in [2.05, 4.69) is 27.0 Å². The van der Waals surface area contributed by atoms with Crippen LogP contribution in [0.25, 0.3) is 0 Å². The van der Waals surface area contributed by atoms with Gasteiger partial charge in [0.05, 0.1) is 6.54 Å². The number of rotatable bonds is 5. The molecule has 1 saturated heterocycles. The van der Waals surface area contributed by atoms with E-state index < -0.39 is 0 Å². The molecule has 0 aromatic carbocycles. The molecule has 3 N–H and O–H groups in total. The summed E-state index contributed by atoms with van der Waals surface area (Å²) in [6.07, 6.45) is 2.49. The molecular weight excluding hydrogens is 214 g/mol. The fourth-order valence-electron chi connectivity index (χ4n) is 2.12. The third kappa shape index (κ3) is 4.52. The van der Waals surface area contributed by atoms with E-state index in [-0.39, 0.29) is 0 Å². The number of aliphatic imine (C=N–C) groups is 1. The fraction of sp³-hybridized carbons (Fsp3) is 0.917. The van der Waals surface area contributed by atoms with Crippen molar-refractivity contribution >= 4 is 5.96 Å². The lowest BCUT2D eigenvalue weighted by Crippen LogP contribution is -2.47. The largest absolute Gasteiger partial charge is 0.370 e. The number of nitrogens with zero attached hydrogens (tertiary/aromatic N) is 3. The summed E-state index contributed by atoms with van der Waals surface area (Å²) in [5, 5.41) is 3.21. The Balaban J connectivity index is 1.58. The van der Waals surface area contributed by atoms with Gasteiger partial charge in [-0.3, -0.25) is 9.89 Å². The van der Waals surface area contributed by atoms with Crippen LogP contribution in [-0.2, 0) is 0 Å². The summed E-state index contributed by atoms with van der Waals surface area (Å²) in [5.41, 5.74) is 5.79. The maximum Gasteiger partial charge on any atom is 0.188 e. The van der Waals surface area contributed by atoms with Crippen LogP contribution in [0, 0.1) is 0 Å². The predicted octanol–water partition coefficient (Wildman–Crippen LogP) is -0.309. The van der Waals surface area contributed by atoms with Gasteiger partial charge in [0.25, 0.3) is 0 Å². The topological polar surface area (TPSA) is 56.9 Å². The minimum atomic E-state index is 0.604. The molecule has 1 aliphatic heterocycles. The minimum Gasteiger partial charge on any atom is -0.370 e. The van der Waals surface area contributed by atoms with E-state index in [4.69, 9.17) is 5.73 Å². The van der Waals surface area contributed by atoms with Gasteiger partial charge in [-0.1, -0.05) is 6.92 Å². The summed E-state index contributed by atoms with van der Waals surface area (Å²) < 4.78 is 0. The van der Waals surface area contributed by atoms with Gasteiger partial charge in [0.15, 0.2) is 5.96 Å². The molecular formula is C12H25N5. The Morgan fingerprint density at radius 1 is 1.24 bits per heavy atom. The Morgan fingerprint density at radius 2 is 1.88 bits per heavy atom. The van der Waals surface area contributed by atoms with Crippen molar-refractivity contribution in [3.05, 3.63) is 0 Å². The summed E-state index contributed by atoms with van der Waals surface area (Å²) in [5.74, 6) is 0.625. The second-order valence-corrected chi connectivity index (χ2v) is 4.96. The fourth-order valence-corrected chi connectivity index (χ4v) is 2.12. The van der Waals surface area contributed by atoms with Gasteiger partial charge in [0.1, 0.15) is 0 Å². The number of piperazine rings is 1. The quantitative estimate of drug-likeness (QED) is 0.510. The van der Waals surface area contributed by atoms with Crippen LogP contribution in [0.3, 0.4) is 0 Å². The first-order valence-electron chi connectivity index (χ1n) is 6.79. The molecule has 0 bridgehead atoms. The smallest absolute Gasteiger partial charge is 0.188 e. The number of nitrogens with one attached hydrogen (secondary N) is 1. The van der Waals surface area contributed by atoms with Gasteiger partial charge in [0.2, 0.25) is 0 Å². The molecule has 0 aromatic heterocycles. The second-order valence-electron chi connectivity index (χ2n) is 4.96. The monoisotopic (exact) mass is 239 g/mol. The zero-order valence-electron chi connectivity index (χ0n) is 10.9. The van der Waals surface area contributed by atoms with Gasteiger partial charge in [0, 0.05) is 38.8 Å². The highest BCUT2D eigenvalue weighted by Crippen LogP contribution is 2.17. The number of nitrogens with two attached hydrogens (primary N) is 1. The van der Waals surface area contributed by atoms with Crippen LogP contribution in [0.4, 0.5) is 0 Å². The SMILES string of the molecule is CCN1CCN(CCN=C(N)NC2CC2)CC1. The Hall–Kier alpha value is -0.810. The van der Waals surface area contributed by atoms with Crippen molar-refractivity contribution in [2.24, 2.45) is 10.7 Å². The summed E-state index contributed by atoms with van der Waals surface area (Å²) in [6.45, 7) is 9.96. The van der Waals surface area contributed by atoms with E-state index in [0.717, 1.165) is 13.1 Å². The highest BCUT2D eigenvalue weighted by Gasteiger charge is 2.21. The summed E-state index contributed by atoms with van der Waals surface area (Å²) in [4.78, 5) is 9.33. The Morgan fingerprint density at radius 3 is 2.47 bits per heavy atom. The molecule has 2 fully saturated rings. The average Bonchev–Trinajstić information content (AvgIpc) is 3.14. The van der Waals surface area contributed by atoms with Crippen molar-refractivity contribution in [3.8, 4) is 0 Å². The van der Waals surface area contributed by atoms with Gasteiger partial charge in [-0.15, -0.1) is 0 Å². The van der Waals surface area contributed by atoms with Gasteiger partial charge >= 0.3 is 0 Å². The first-order chi connectivity index (χ1) is 8.28. The van der Waals surface area contributed by atoms with Crippen LogP contribution in [-0.4, -0.2) is 67.6 Å². The minimum absolute atomic E-state index is 0.604. The van der Waals surface area contributed by atoms with Crippen molar-refractivity contribution in [2.45, 2.75) is 25.8 Å². The summed E-state index contributed by atoms with van der Waals surface area (Å²) in [6, 6.07) is 0.604. The molecule has 0 unspecified atom stereocenters. The molecule has 0 spiro atoms. The van der Waals surface area contributed by atoms with E-state index in [1.807, 2.05) is 0 Å². The number of likely N-dealkylation sites (N-methyl/N-ethyl adjacent to an activating group) is 1. The first kappa shape index (κ1) is 12.6. The van der Waals surface area contributed by atoms with Crippen LogP contribution in [0.1, 0.15) is 19.8 Å². The van der Waals surface area contributed by atoms with Crippen molar-refractivity contribution < 1.29 is 0 Å². The highest BCUT2D eigenvalue weighted by molar-refractivity contribution is 5.78. The van der Waals surface area contributed by atoms with E-state index in [9.17, 15) is 0 Å². The number of hydrogen-bond donors (Lipinski definition) is 2. The van der Waals surface area contributed by atoms with E-state index in [1.54, 1.807) is 0 Å². The lowest BCUT2D eigenvalue weighted by atomic mass is 10.3. The maximum atomic E-state index is 5.79. The van der Waals surface area contributed by atoms with Gasteiger partial charge in [-0.05, 0) is 19.4 Å². The Bertz CT molecular complexity index is 254. The molecule has 2 aliphatic rings. The third-order valence-corrected chi connectivity index (χ3v) is 3.54. The van der Waals surface area contributed by atoms with Crippen molar-refractivity contribution in [1.82, 2.24) is 15.1 Å². The van der Waals surface area contributed by atoms with Crippen molar-refractivity contribution in [2.75, 3.05) is 45.8 Å². The molecule has 98 valence electrons. The third-order valence-electron chi connectivity index (χ3n) is 3.54. The van der Waals surface area contributed by atoms with Gasteiger partial charge < -0.3 is 16.0 Å². The molecule has 0 radical (unpaired) electrons. The molecule has 2 rings (SSSR count). The Kier molecular flexibility index (Phi) is 4.62. The van der Waals surface area contributed by atoms with E-state index in [1.165, 1.54) is 45.6 Å². The van der Waals surface area contributed by atoms with E-state index in [0.29, 0.717) is 12.0 Å². The molecule has 1 aliphatic carbocycles. The molecule has 0 aromatic rings. The molecule has 17 heavy (non-hydrogen) atoms. The zero-order chi connectivity index (χ0) is 12.1. The van der Waals surface area contributed by atoms with Gasteiger partial charge in [-0.2, -0.15) is 0 Å². The lowest BCUT2D eigenvalue weighted by Gasteiger charge is -2.33. The standard InChI is InChI=1S/C12H25N5/c1-2-16-7-9-17(10-8-16)6-5-14-12(13)15-11-3-4-11/h11H,2-10H2,1H3,(H3,13,14,15). The average molecular weight is 239 g/mol. The highest BCUT2D eigenvalue weighted by atomic mass is 15.3. The van der Waals surface area contributed by atoms with Crippen LogP contribution >= 0.6 is 0 Å². The second kappa shape index (κ2) is 6.21.